The minimum absolute atomic E-state index is 0.217. The molecule has 0 unspecified atom stereocenters. The molecule has 0 aliphatic carbocycles. The van der Waals surface area contributed by atoms with Crippen molar-refractivity contribution in [2.24, 2.45) is 0 Å². The van der Waals surface area contributed by atoms with Gasteiger partial charge >= 0.3 is 6.18 Å². The minimum atomic E-state index is -4.59. The molecule has 1 aromatic heterocycles. The molecule has 150 valence electrons. The average molecular weight is 394 g/mol. The molecule has 1 amide bonds. The first-order chi connectivity index (χ1) is 13.2. The Bertz CT molecular complexity index is 932. The first-order valence-electron chi connectivity index (χ1n) is 9.01. The monoisotopic (exact) mass is 394 g/mol. The van der Waals surface area contributed by atoms with Crippen molar-refractivity contribution >= 4 is 5.91 Å². The number of para-hydroxylation sites is 1. The topological polar surface area (TPSA) is 58.4 Å². The summed E-state index contributed by atoms with van der Waals surface area (Å²) in [5.74, 6) is -0.556. The van der Waals surface area contributed by atoms with Gasteiger partial charge in [0, 0.05) is 37.9 Å². The van der Waals surface area contributed by atoms with Crippen LogP contribution < -0.4 is 5.43 Å². The minimum Gasteiger partial charge on any atom is -0.335 e. The van der Waals surface area contributed by atoms with E-state index in [1.54, 1.807) is 0 Å². The van der Waals surface area contributed by atoms with Crippen LogP contribution in [0.1, 0.15) is 28.7 Å². The fraction of sp³-hybridized carbons (Fsp3) is 0.421. The summed E-state index contributed by atoms with van der Waals surface area (Å²) in [4.78, 5) is 28.8. The quantitative estimate of drug-likeness (QED) is 0.802. The lowest BCUT2D eigenvalue weighted by Gasteiger charge is -2.33. The highest BCUT2D eigenvalue weighted by atomic mass is 19.4. The van der Waals surface area contributed by atoms with E-state index in [4.69, 9.17) is 0 Å². The van der Waals surface area contributed by atoms with E-state index < -0.39 is 23.1 Å². The summed E-state index contributed by atoms with van der Waals surface area (Å²) in [5.41, 5.74) is -1.86. The van der Waals surface area contributed by atoms with Crippen LogP contribution in [-0.2, 0) is 6.18 Å². The summed E-state index contributed by atoms with van der Waals surface area (Å²) < 4.78 is 41.2. The average Bonchev–Trinajstić information content (AvgIpc) is 2.67. The second kappa shape index (κ2) is 7.75. The van der Waals surface area contributed by atoms with Gasteiger partial charge in [0.15, 0.2) is 5.69 Å². The van der Waals surface area contributed by atoms with Crippen molar-refractivity contribution in [1.82, 2.24) is 19.6 Å². The smallest absolute Gasteiger partial charge is 0.335 e. The van der Waals surface area contributed by atoms with Gasteiger partial charge in [-0.2, -0.15) is 18.3 Å². The zero-order valence-corrected chi connectivity index (χ0v) is 15.7. The summed E-state index contributed by atoms with van der Waals surface area (Å²) >= 11 is 0. The lowest BCUT2D eigenvalue weighted by atomic mass is 10.1. The molecule has 1 aliphatic heterocycles. The van der Waals surface area contributed by atoms with Crippen molar-refractivity contribution in [3.8, 4) is 5.69 Å². The number of carbonyl (C=O) groups is 1. The molecule has 2 aromatic rings. The van der Waals surface area contributed by atoms with Gasteiger partial charge in [-0.1, -0.05) is 19.1 Å². The van der Waals surface area contributed by atoms with Gasteiger partial charge in [0.25, 0.3) is 5.91 Å². The Morgan fingerprint density at radius 3 is 2.39 bits per heavy atom. The molecule has 9 heteroatoms. The molecular formula is C19H21F3N4O2. The van der Waals surface area contributed by atoms with E-state index in [1.165, 1.54) is 30.0 Å². The maximum Gasteiger partial charge on any atom is 0.418 e. The SMILES string of the molecule is CCN1CCN(C(=O)c2nn(-c3ccccc3C(F)(F)F)c(C)cc2=O)CC1. The van der Waals surface area contributed by atoms with Gasteiger partial charge in [-0.05, 0) is 25.6 Å². The number of likely N-dealkylation sites (N-methyl/N-ethyl adjacent to an activating group) is 1. The third kappa shape index (κ3) is 3.94. The van der Waals surface area contributed by atoms with Crippen LogP contribution in [0.4, 0.5) is 13.2 Å². The Balaban J connectivity index is 2.01. The third-order valence-corrected chi connectivity index (χ3v) is 4.85. The second-order valence-corrected chi connectivity index (χ2v) is 6.65. The fourth-order valence-corrected chi connectivity index (χ4v) is 3.25. The maximum absolute atomic E-state index is 13.4. The van der Waals surface area contributed by atoms with Crippen LogP contribution in [0.15, 0.2) is 35.1 Å². The van der Waals surface area contributed by atoms with Crippen LogP contribution in [0, 0.1) is 6.92 Å². The van der Waals surface area contributed by atoms with Crippen LogP contribution in [0.2, 0.25) is 0 Å². The van der Waals surface area contributed by atoms with E-state index in [0.717, 1.165) is 23.4 Å². The van der Waals surface area contributed by atoms with Gasteiger partial charge in [0.05, 0.1) is 11.3 Å². The third-order valence-electron chi connectivity index (χ3n) is 4.85. The van der Waals surface area contributed by atoms with Gasteiger partial charge in [-0.3, -0.25) is 9.59 Å². The Hall–Kier alpha value is -2.68. The Morgan fingerprint density at radius 1 is 1.14 bits per heavy atom. The highest BCUT2D eigenvalue weighted by Crippen LogP contribution is 2.33. The summed E-state index contributed by atoms with van der Waals surface area (Å²) in [6.07, 6.45) is -4.59. The van der Waals surface area contributed by atoms with Crippen molar-refractivity contribution < 1.29 is 18.0 Å². The van der Waals surface area contributed by atoms with Crippen molar-refractivity contribution in [3.05, 3.63) is 57.5 Å². The predicted octanol–water partition coefficient (Wildman–Crippen LogP) is 2.34. The summed E-state index contributed by atoms with van der Waals surface area (Å²) in [6, 6.07) is 6.09. The number of alkyl halides is 3. The number of hydrogen-bond donors (Lipinski definition) is 0. The largest absolute Gasteiger partial charge is 0.418 e. The molecular weight excluding hydrogens is 373 g/mol. The molecule has 0 N–H and O–H groups in total. The van der Waals surface area contributed by atoms with E-state index >= 15 is 0 Å². The number of hydrogen-bond acceptors (Lipinski definition) is 4. The fourth-order valence-electron chi connectivity index (χ4n) is 3.25. The number of nitrogens with zero attached hydrogens (tertiary/aromatic N) is 4. The highest BCUT2D eigenvalue weighted by molar-refractivity contribution is 5.92. The van der Waals surface area contributed by atoms with Crippen molar-refractivity contribution in [2.45, 2.75) is 20.0 Å². The first kappa shape index (κ1) is 20.1. The molecule has 28 heavy (non-hydrogen) atoms. The lowest BCUT2D eigenvalue weighted by Crippen LogP contribution is -2.49. The van der Waals surface area contributed by atoms with Gasteiger partial charge in [0.2, 0.25) is 5.43 Å². The van der Waals surface area contributed by atoms with Crippen LogP contribution in [-0.4, -0.2) is 58.2 Å². The first-order valence-corrected chi connectivity index (χ1v) is 9.01. The molecule has 0 bridgehead atoms. The summed E-state index contributed by atoms with van der Waals surface area (Å²) in [5, 5.41) is 4.03. The number of halogens is 3. The molecule has 1 fully saturated rings. The van der Waals surface area contributed by atoms with E-state index in [9.17, 15) is 22.8 Å². The number of aryl methyl sites for hydroxylation is 1. The van der Waals surface area contributed by atoms with Crippen molar-refractivity contribution in [1.29, 1.82) is 0 Å². The molecule has 1 saturated heterocycles. The predicted molar refractivity (Wildman–Crippen MR) is 97.6 cm³/mol. The molecule has 1 aromatic carbocycles. The molecule has 6 nitrogen and oxygen atoms in total. The van der Waals surface area contributed by atoms with Crippen LogP contribution in [0.25, 0.3) is 5.69 Å². The number of carbonyl (C=O) groups excluding carboxylic acids is 1. The lowest BCUT2D eigenvalue weighted by molar-refractivity contribution is -0.137. The zero-order valence-electron chi connectivity index (χ0n) is 15.7. The van der Waals surface area contributed by atoms with Gasteiger partial charge in [-0.25, -0.2) is 4.68 Å². The Labute approximate surface area is 160 Å². The van der Waals surface area contributed by atoms with E-state index in [0.29, 0.717) is 26.2 Å². The number of aromatic nitrogens is 2. The van der Waals surface area contributed by atoms with Crippen LogP contribution in [0.5, 0.6) is 0 Å². The Kier molecular flexibility index (Phi) is 5.55. The van der Waals surface area contributed by atoms with Crippen molar-refractivity contribution in [2.75, 3.05) is 32.7 Å². The molecule has 0 spiro atoms. The number of amides is 1. The number of rotatable bonds is 3. The second-order valence-electron chi connectivity index (χ2n) is 6.65. The van der Waals surface area contributed by atoms with Gasteiger partial charge < -0.3 is 9.80 Å². The van der Waals surface area contributed by atoms with E-state index in [1.807, 2.05) is 6.92 Å². The van der Waals surface area contributed by atoms with Crippen LogP contribution in [0.3, 0.4) is 0 Å². The maximum atomic E-state index is 13.4. The van der Waals surface area contributed by atoms with Gasteiger partial charge in [0.1, 0.15) is 0 Å². The number of piperazine rings is 1. The van der Waals surface area contributed by atoms with Crippen molar-refractivity contribution in [3.63, 3.8) is 0 Å². The van der Waals surface area contributed by atoms with Gasteiger partial charge in [-0.15, -0.1) is 0 Å². The van der Waals surface area contributed by atoms with E-state index in [2.05, 4.69) is 10.00 Å². The molecule has 0 atom stereocenters. The normalized spacial score (nSPS) is 15.7. The molecule has 0 radical (unpaired) electrons. The molecule has 0 saturated carbocycles. The number of benzene rings is 1. The molecule has 3 rings (SSSR count). The summed E-state index contributed by atoms with van der Waals surface area (Å²) in [7, 11) is 0. The zero-order chi connectivity index (χ0) is 20.5. The molecule has 1 aliphatic rings. The molecule has 2 heterocycles. The van der Waals surface area contributed by atoms with Crippen LogP contribution >= 0.6 is 0 Å². The Morgan fingerprint density at radius 2 is 1.79 bits per heavy atom. The van der Waals surface area contributed by atoms with E-state index in [-0.39, 0.29) is 17.1 Å². The standard InChI is InChI=1S/C19H21F3N4O2/c1-3-24-8-10-25(11-9-24)18(28)17-16(27)12-13(2)26(23-17)15-7-5-4-6-14(15)19(20,21)22/h4-7,12H,3,8-11H2,1-2H3. The highest BCUT2D eigenvalue weighted by Gasteiger charge is 2.34. The summed E-state index contributed by atoms with van der Waals surface area (Å²) in [6.45, 7) is 6.62.